The topological polar surface area (TPSA) is 76.1 Å². The molecule has 0 aromatic carbocycles. The molecule has 1 N–H and O–H groups in total. The summed E-state index contributed by atoms with van der Waals surface area (Å²) in [6.07, 6.45) is 11.1. The van der Waals surface area contributed by atoms with E-state index in [2.05, 4.69) is 32.9 Å². The minimum atomic E-state index is -0.747. The molecule has 0 aromatic heterocycles. The molecule has 0 radical (unpaired) electrons. The molecule has 0 unspecified atom stereocenters. The summed E-state index contributed by atoms with van der Waals surface area (Å²) >= 11 is 0. The predicted octanol–water partition coefficient (Wildman–Crippen LogP) is 4.61. The summed E-state index contributed by atoms with van der Waals surface area (Å²) in [5.41, 5.74) is 1.55. The third kappa shape index (κ3) is 6.51. The van der Waals surface area contributed by atoms with Gasteiger partial charge in [-0.15, -0.1) is 0 Å². The lowest BCUT2D eigenvalue weighted by atomic mass is 9.80. The molecule has 1 aliphatic carbocycles. The molecular formula is C25H36O5. The highest BCUT2D eigenvalue weighted by molar-refractivity contribution is 5.96. The van der Waals surface area contributed by atoms with Gasteiger partial charge in [0.2, 0.25) is 0 Å². The number of rotatable bonds is 6. The predicted molar refractivity (Wildman–Crippen MR) is 118 cm³/mol. The number of hydrogen-bond donors (Lipinski definition) is 1. The highest BCUT2D eigenvalue weighted by Crippen LogP contribution is 2.45. The highest BCUT2D eigenvalue weighted by Gasteiger charge is 2.59. The maximum atomic E-state index is 12.7. The van der Waals surface area contributed by atoms with Gasteiger partial charge in [-0.2, -0.15) is 0 Å². The number of esters is 1. The van der Waals surface area contributed by atoms with Crippen molar-refractivity contribution in [1.29, 1.82) is 0 Å². The van der Waals surface area contributed by atoms with E-state index in [0.717, 1.165) is 18.4 Å². The maximum Gasteiger partial charge on any atom is 0.331 e. The highest BCUT2D eigenvalue weighted by atomic mass is 16.6. The fourth-order valence-corrected chi connectivity index (χ4v) is 3.70. The van der Waals surface area contributed by atoms with E-state index in [1.807, 2.05) is 32.9 Å². The molecule has 0 bridgehead atoms. The van der Waals surface area contributed by atoms with Crippen LogP contribution in [0.5, 0.6) is 0 Å². The number of ketones is 1. The average Bonchev–Trinajstić information content (AvgIpc) is 3.28. The van der Waals surface area contributed by atoms with Crippen LogP contribution in [-0.4, -0.2) is 41.3 Å². The summed E-state index contributed by atoms with van der Waals surface area (Å²) in [5.74, 6) is -0.532. The van der Waals surface area contributed by atoms with E-state index in [-0.39, 0.29) is 30.3 Å². The van der Waals surface area contributed by atoms with Gasteiger partial charge in [0.1, 0.15) is 5.60 Å². The summed E-state index contributed by atoms with van der Waals surface area (Å²) in [6.45, 7) is 11.5. The van der Waals surface area contributed by atoms with Crippen molar-refractivity contribution < 1.29 is 24.2 Å². The molecule has 1 heterocycles. The normalized spacial score (nSPS) is 33.8. The average molecular weight is 417 g/mol. The van der Waals surface area contributed by atoms with Crippen molar-refractivity contribution in [2.75, 3.05) is 6.61 Å². The Kier molecular flexibility index (Phi) is 8.00. The molecule has 166 valence electrons. The van der Waals surface area contributed by atoms with Crippen molar-refractivity contribution in [2.45, 2.75) is 85.0 Å². The van der Waals surface area contributed by atoms with Crippen LogP contribution in [0.1, 0.15) is 67.2 Å². The molecular weight excluding hydrogens is 380 g/mol. The van der Waals surface area contributed by atoms with E-state index in [1.165, 1.54) is 11.6 Å². The van der Waals surface area contributed by atoms with Crippen LogP contribution < -0.4 is 0 Å². The molecule has 1 saturated heterocycles. The second-order valence-electron chi connectivity index (χ2n) is 9.42. The molecule has 5 heteroatoms. The molecule has 0 amide bonds. The minimum Gasteiger partial charge on any atom is -0.452 e. The van der Waals surface area contributed by atoms with E-state index in [1.54, 1.807) is 0 Å². The van der Waals surface area contributed by atoms with E-state index >= 15 is 0 Å². The van der Waals surface area contributed by atoms with Crippen LogP contribution in [-0.2, 0) is 19.1 Å². The number of ether oxygens (including phenoxy) is 2. The lowest BCUT2D eigenvalue weighted by molar-refractivity contribution is -0.143. The van der Waals surface area contributed by atoms with E-state index in [0.29, 0.717) is 12.0 Å². The van der Waals surface area contributed by atoms with Gasteiger partial charge in [0, 0.05) is 18.1 Å². The Morgan fingerprint density at radius 2 is 1.97 bits per heavy atom. The lowest BCUT2D eigenvalue weighted by Crippen LogP contribution is -2.33. The van der Waals surface area contributed by atoms with Crippen LogP contribution in [0.3, 0.4) is 0 Å². The van der Waals surface area contributed by atoms with Gasteiger partial charge < -0.3 is 14.6 Å². The number of aliphatic hydroxyl groups is 1. The molecule has 0 saturated carbocycles. The van der Waals surface area contributed by atoms with Crippen molar-refractivity contribution in [3.05, 3.63) is 47.1 Å². The number of aliphatic hydroxyl groups excluding tert-OH is 1. The Hall–Kier alpha value is -1.98. The molecule has 0 spiro atoms. The number of fused-ring (bicyclic) bond motifs is 1. The Bertz CT molecular complexity index is 779. The van der Waals surface area contributed by atoms with Crippen LogP contribution in [0.15, 0.2) is 47.1 Å². The van der Waals surface area contributed by atoms with Crippen LogP contribution in [0, 0.1) is 5.41 Å². The van der Waals surface area contributed by atoms with Gasteiger partial charge in [0.15, 0.2) is 11.9 Å². The fraction of sp³-hybridized carbons (Fsp3) is 0.600. The van der Waals surface area contributed by atoms with Crippen LogP contribution >= 0.6 is 0 Å². The zero-order valence-electron chi connectivity index (χ0n) is 19.2. The van der Waals surface area contributed by atoms with Crippen LogP contribution in [0.25, 0.3) is 0 Å². The first-order chi connectivity index (χ1) is 14.0. The number of Topliss-reactive ketones (excluding diaryl/α,β-unsaturated/α-hetero) is 1. The quantitative estimate of drug-likeness (QED) is 0.296. The summed E-state index contributed by atoms with van der Waals surface area (Å²) in [4.78, 5) is 25.0. The molecule has 4 atom stereocenters. The van der Waals surface area contributed by atoms with Crippen molar-refractivity contribution >= 4 is 11.8 Å². The number of hydrogen-bond acceptors (Lipinski definition) is 5. The number of allylic oxidation sites excluding steroid dienone is 5. The first kappa shape index (κ1) is 24.3. The zero-order chi connectivity index (χ0) is 22.5. The monoisotopic (exact) mass is 416 g/mol. The van der Waals surface area contributed by atoms with Gasteiger partial charge in [-0.25, -0.2) is 4.79 Å². The molecule has 2 aliphatic rings. The number of epoxide rings is 1. The Morgan fingerprint density at radius 1 is 1.27 bits per heavy atom. The minimum absolute atomic E-state index is 0.117. The Morgan fingerprint density at radius 3 is 2.57 bits per heavy atom. The molecule has 5 nitrogen and oxygen atoms in total. The SMILES string of the molecule is CC(C)=CCC[C@]1(C)/C=C/[C@@H](OC(=O)C=C(C)C)[C@]2(C)O[C@H]2CC(=O)/C(CO)=C\C1. The smallest absolute Gasteiger partial charge is 0.331 e. The standard InChI is InChI=1S/C25H36O5/c1-17(2)8-7-11-24(5)12-9-19(16-26)20(27)15-22-25(6,30-22)21(10-13-24)29-23(28)14-18(3)4/h8-10,13-14,21-22,26H,7,11-12,15-16H2,1-6H3/b13-10+,19-9-/t21-,22+,24+,25+/m1/s1. The van der Waals surface area contributed by atoms with E-state index in [4.69, 9.17) is 9.47 Å². The molecule has 1 aliphatic heterocycles. The van der Waals surface area contributed by atoms with Gasteiger partial charge in [-0.3, -0.25) is 4.79 Å². The number of carbonyl (C=O) groups excluding carboxylic acids is 2. The summed E-state index contributed by atoms with van der Waals surface area (Å²) in [5, 5.41) is 9.72. The zero-order valence-corrected chi connectivity index (χ0v) is 19.2. The van der Waals surface area contributed by atoms with Gasteiger partial charge in [0.25, 0.3) is 0 Å². The van der Waals surface area contributed by atoms with E-state index < -0.39 is 17.7 Å². The number of carbonyl (C=O) groups is 2. The van der Waals surface area contributed by atoms with Crippen molar-refractivity contribution in [3.8, 4) is 0 Å². The van der Waals surface area contributed by atoms with Crippen LogP contribution in [0.4, 0.5) is 0 Å². The summed E-state index contributed by atoms with van der Waals surface area (Å²) < 4.78 is 11.6. The van der Waals surface area contributed by atoms with Gasteiger partial charge in [-0.1, -0.05) is 36.3 Å². The largest absolute Gasteiger partial charge is 0.452 e. The van der Waals surface area contributed by atoms with E-state index in [9.17, 15) is 14.7 Å². The third-order valence-electron chi connectivity index (χ3n) is 5.85. The Labute approximate surface area is 180 Å². The van der Waals surface area contributed by atoms with Gasteiger partial charge in [-0.05, 0) is 65.4 Å². The summed E-state index contributed by atoms with van der Waals surface area (Å²) in [6, 6.07) is 0. The van der Waals surface area contributed by atoms with Gasteiger partial charge in [0.05, 0.1) is 12.7 Å². The maximum absolute atomic E-state index is 12.7. The van der Waals surface area contributed by atoms with Crippen LogP contribution in [0.2, 0.25) is 0 Å². The fourth-order valence-electron chi connectivity index (χ4n) is 3.70. The second-order valence-corrected chi connectivity index (χ2v) is 9.42. The first-order valence-corrected chi connectivity index (χ1v) is 10.7. The third-order valence-corrected chi connectivity index (χ3v) is 5.85. The Balaban J connectivity index is 2.37. The molecule has 2 rings (SSSR count). The van der Waals surface area contributed by atoms with Crippen molar-refractivity contribution in [1.82, 2.24) is 0 Å². The molecule has 1 fully saturated rings. The lowest BCUT2D eigenvalue weighted by Gasteiger charge is -2.26. The molecule has 30 heavy (non-hydrogen) atoms. The van der Waals surface area contributed by atoms with Crippen molar-refractivity contribution in [3.63, 3.8) is 0 Å². The molecule has 0 aromatic rings. The van der Waals surface area contributed by atoms with Crippen molar-refractivity contribution in [2.24, 2.45) is 5.41 Å². The summed E-state index contributed by atoms with van der Waals surface area (Å²) in [7, 11) is 0. The second kappa shape index (κ2) is 9.88. The first-order valence-electron chi connectivity index (χ1n) is 10.7. The van der Waals surface area contributed by atoms with Gasteiger partial charge >= 0.3 is 5.97 Å².